The number of rotatable bonds is 3. The fourth-order valence-electron chi connectivity index (χ4n) is 2.90. The first-order chi connectivity index (χ1) is 12.4. The molecule has 0 fully saturated rings. The molecule has 6 nitrogen and oxygen atoms in total. The quantitative estimate of drug-likeness (QED) is 0.710. The number of carbonyl (C=O) groups is 2. The van der Waals surface area contributed by atoms with Crippen molar-refractivity contribution in [2.75, 3.05) is 12.4 Å². The number of ether oxygens (including phenoxy) is 1. The van der Waals surface area contributed by atoms with E-state index in [2.05, 4.69) is 15.0 Å². The van der Waals surface area contributed by atoms with Crippen LogP contribution in [0.25, 0.3) is 10.9 Å². The zero-order chi connectivity index (χ0) is 18.8. The van der Waals surface area contributed by atoms with Crippen LogP contribution in [0, 0.1) is 13.8 Å². The molecule has 0 spiro atoms. The summed E-state index contributed by atoms with van der Waals surface area (Å²) in [4.78, 5) is 39.2. The monoisotopic (exact) mass is 350 g/mol. The molecule has 26 heavy (non-hydrogen) atoms. The molecule has 3 rings (SSSR count). The van der Waals surface area contributed by atoms with Gasteiger partial charge in [-0.2, -0.15) is 0 Å². The van der Waals surface area contributed by atoms with Crippen LogP contribution in [-0.2, 0) is 4.74 Å². The molecule has 1 heterocycles. The highest BCUT2D eigenvalue weighted by Gasteiger charge is 2.14. The molecule has 0 bridgehead atoms. The number of nitrogens with one attached hydrogen (secondary N) is 2. The van der Waals surface area contributed by atoms with Gasteiger partial charge in [-0.15, -0.1) is 0 Å². The van der Waals surface area contributed by atoms with Crippen LogP contribution in [0.5, 0.6) is 0 Å². The number of aromatic amines is 1. The summed E-state index contributed by atoms with van der Waals surface area (Å²) >= 11 is 0. The summed E-state index contributed by atoms with van der Waals surface area (Å²) < 4.78 is 4.66. The zero-order valence-electron chi connectivity index (χ0n) is 14.7. The highest BCUT2D eigenvalue weighted by atomic mass is 16.5. The maximum absolute atomic E-state index is 12.6. The fraction of sp³-hybridized carbons (Fsp3) is 0.150. The van der Waals surface area contributed by atoms with E-state index in [1.165, 1.54) is 13.2 Å². The number of aryl methyl sites for hydroxylation is 2. The lowest BCUT2D eigenvalue weighted by molar-refractivity contribution is 0.0600. The molecule has 0 radical (unpaired) electrons. The van der Waals surface area contributed by atoms with Crippen molar-refractivity contribution >= 4 is 28.5 Å². The number of anilines is 1. The third-order valence-corrected chi connectivity index (χ3v) is 4.08. The number of H-pyrrole nitrogens is 1. The number of benzene rings is 2. The number of pyridine rings is 1. The van der Waals surface area contributed by atoms with E-state index in [0.717, 1.165) is 16.5 Å². The van der Waals surface area contributed by atoms with Crippen LogP contribution in [0.3, 0.4) is 0 Å². The molecule has 0 saturated heterocycles. The van der Waals surface area contributed by atoms with Crippen LogP contribution in [0.1, 0.15) is 31.8 Å². The van der Waals surface area contributed by atoms with E-state index in [9.17, 15) is 14.4 Å². The van der Waals surface area contributed by atoms with E-state index >= 15 is 0 Å². The first-order valence-corrected chi connectivity index (χ1v) is 8.03. The number of hydrogen-bond acceptors (Lipinski definition) is 4. The van der Waals surface area contributed by atoms with Gasteiger partial charge in [0.2, 0.25) is 0 Å². The summed E-state index contributed by atoms with van der Waals surface area (Å²) in [5, 5.41) is 3.43. The molecule has 2 aromatic carbocycles. The standard InChI is InChI=1S/C20H18N2O4/c1-11-7-12(2)17-14(8-11)10-16(19(24)22-17)18(23)21-15-6-4-5-13(9-15)20(25)26-3/h4-10H,1-3H3,(H,21,23)(H,22,24). The molecule has 2 N–H and O–H groups in total. The average molecular weight is 350 g/mol. The lowest BCUT2D eigenvalue weighted by Gasteiger charge is -2.09. The summed E-state index contributed by atoms with van der Waals surface area (Å²) in [6.45, 7) is 3.86. The number of amides is 1. The average Bonchev–Trinajstić information content (AvgIpc) is 2.61. The lowest BCUT2D eigenvalue weighted by atomic mass is 10.0. The van der Waals surface area contributed by atoms with Gasteiger partial charge < -0.3 is 15.0 Å². The van der Waals surface area contributed by atoms with E-state index < -0.39 is 17.4 Å². The Hall–Kier alpha value is -3.41. The Morgan fingerprint density at radius 2 is 1.85 bits per heavy atom. The molecule has 0 aliphatic rings. The van der Waals surface area contributed by atoms with Gasteiger partial charge in [0.05, 0.1) is 18.2 Å². The molecule has 1 amide bonds. The van der Waals surface area contributed by atoms with Crippen molar-refractivity contribution in [2.45, 2.75) is 13.8 Å². The van der Waals surface area contributed by atoms with Gasteiger partial charge in [-0.05, 0) is 55.1 Å². The predicted molar refractivity (Wildman–Crippen MR) is 99.8 cm³/mol. The topological polar surface area (TPSA) is 88.3 Å². The highest BCUT2D eigenvalue weighted by molar-refractivity contribution is 6.06. The van der Waals surface area contributed by atoms with E-state index in [0.29, 0.717) is 16.8 Å². The van der Waals surface area contributed by atoms with Crippen molar-refractivity contribution in [2.24, 2.45) is 0 Å². The number of hydrogen-bond donors (Lipinski definition) is 2. The van der Waals surface area contributed by atoms with Crippen LogP contribution in [0.15, 0.2) is 47.3 Å². The van der Waals surface area contributed by atoms with Crippen molar-refractivity contribution in [1.29, 1.82) is 0 Å². The Balaban J connectivity index is 1.97. The minimum absolute atomic E-state index is 0.00553. The molecule has 1 aromatic heterocycles. The molecule has 0 aliphatic heterocycles. The smallest absolute Gasteiger partial charge is 0.337 e. The van der Waals surface area contributed by atoms with E-state index in [-0.39, 0.29) is 5.56 Å². The van der Waals surface area contributed by atoms with Crippen LogP contribution in [0.2, 0.25) is 0 Å². The van der Waals surface area contributed by atoms with Crippen molar-refractivity contribution in [1.82, 2.24) is 4.98 Å². The van der Waals surface area contributed by atoms with Gasteiger partial charge in [-0.25, -0.2) is 4.79 Å². The second-order valence-corrected chi connectivity index (χ2v) is 6.08. The molecular formula is C20H18N2O4. The minimum atomic E-state index is -0.547. The summed E-state index contributed by atoms with van der Waals surface area (Å²) in [7, 11) is 1.28. The largest absolute Gasteiger partial charge is 0.465 e. The Morgan fingerprint density at radius 1 is 1.08 bits per heavy atom. The molecule has 132 valence electrons. The van der Waals surface area contributed by atoms with Gasteiger partial charge >= 0.3 is 5.97 Å². The third kappa shape index (κ3) is 3.35. The van der Waals surface area contributed by atoms with Crippen molar-refractivity contribution in [3.63, 3.8) is 0 Å². The fourth-order valence-corrected chi connectivity index (χ4v) is 2.90. The Kier molecular flexibility index (Phi) is 4.58. The number of aromatic nitrogens is 1. The molecule has 0 aliphatic carbocycles. The molecule has 6 heteroatoms. The molecule has 3 aromatic rings. The second kappa shape index (κ2) is 6.84. The molecule has 0 unspecified atom stereocenters. The van der Waals surface area contributed by atoms with Gasteiger partial charge in [0.25, 0.3) is 11.5 Å². The second-order valence-electron chi connectivity index (χ2n) is 6.08. The lowest BCUT2D eigenvalue weighted by Crippen LogP contribution is -2.23. The molecule has 0 atom stereocenters. The van der Waals surface area contributed by atoms with Crippen molar-refractivity contribution < 1.29 is 14.3 Å². The SMILES string of the molecule is COC(=O)c1cccc(NC(=O)c2cc3cc(C)cc(C)c3[nH]c2=O)c1. The maximum atomic E-state index is 12.6. The minimum Gasteiger partial charge on any atom is -0.465 e. The third-order valence-electron chi connectivity index (χ3n) is 4.08. The molecule has 0 saturated carbocycles. The maximum Gasteiger partial charge on any atom is 0.337 e. The van der Waals surface area contributed by atoms with E-state index in [4.69, 9.17) is 0 Å². The van der Waals surface area contributed by atoms with Gasteiger partial charge in [0, 0.05) is 5.69 Å². The number of carbonyl (C=O) groups excluding carboxylic acids is 2. The zero-order valence-corrected chi connectivity index (χ0v) is 14.7. The van der Waals surface area contributed by atoms with E-state index in [1.807, 2.05) is 26.0 Å². The normalized spacial score (nSPS) is 10.6. The predicted octanol–water partition coefficient (Wildman–Crippen LogP) is 3.18. The van der Waals surface area contributed by atoms with Crippen LogP contribution in [-0.4, -0.2) is 24.0 Å². The van der Waals surface area contributed by atoms with Crippen LogP contribution < -0.4 is 10.9 Å². The van der Waals surface area contributed by atoms with Crippen LogP contribution >= 0.6 is 0 Å². The van der Waals surface area contributed by atoms with Crippen molar-refractivity contribution in [3.05, 3.63) is 75.1 Å². The Bertz CT molecular complexity index is 1080. The van der Waals surface area contributed by atoms with Crippen LogP contribution in [0.4, 0.5) is 5.69 Å². The molecular weight excluding hydrogens is 332 g/mol. The first-order valence-electron chi connectivity index (χ1n) is 8.03. The summed E-state index contributed by atoms with van der Waals surface area (Å²) in [6.07, 6.45) is 0. The van der Waals surface area contributed by atoms with Gasteiger partial charge in [-0.1, -0.05) is 17.7 Å². The number of esters is 1. The number of fused-ring (bicyclic) bond motifs is 1. The van der Waals surface area contributed by atoms with Gasteiger partial charge in [0.1, 0.15) is 5.56 Å². The van der Waals surface area contributed by atoms with Crippen molar-refractivity contribution in [3.8, 4) is 0 Å². The summed E-state index contributed by atoms with van der Waals surface area (Å²) in [5.41, 5.74) is 2.94. The number of methoxy groups -OCH3 is 1. The van der Waals surface area contributed by atoms with E-state index in [1.54, 1.807) is 24.3 Å². The Labute approximate surface area is 149 Å². The summed E-state index contributed by atoms with van der Waals surface area (Å²) in [5.74, 6) is -1.05. The first kappa shape index (κ1) is 17.4. The highest BCUT2D eigenvalue weighted by Crippen LogP contribution is 2.19. The van der Waals surface area contributed by atoms with Gasteiger partial charge in [-0.3, -0.25) is 9.59 Å². The summed E-state index contributed by atoms with van der Waals surface area (Å²) in [6, 6.07) is 11.8. The Morgan fingerprint density at radius 3 is 2.58 bits per heavy atom. The van der Waals surface area contributed by atoms with Gasteiger partial charge in [0.15, 0.2) is 0 Å².